The Bertz CT molecular complexity index is 986. The van der Waals surface area contributed by atoms with Gasteiger partial charge in [0.2, 0.25) is 0 Å². The van der Waals surface area contributed by atoms with E-state index in [1.54, 1.807) is 28.7 Å². The Kier molecular flexibility index (Phi) is 3.27. The van der Waals surface area contributed by atoms with Gasteiger partial charge in [-0.25, -0.2) is 9.38 Å². The van der Waals surface area contributed by atoms with Gasteiger partial charge in [-0.15, -0.1) is 0 Å². The Morgan fingerprint density at radius 1 is 1.42 bits per heavy atom. The molecule has 0 bridgehead atoms. The zero-order chi connectivity index (χ0) is 16.8. The third-order valence-electron chi connectivity index (χ3n) is 4.17. The van der Waals surface area contributed by atoms with E-state index in [9.17, 15) is 9.18 Å². The second kappa shape index (κ2) is 5.34. The normalized spacial score (nSPS) is 13.9. The number of rotatable bonds is 2. The number of aliphatic imine (C=N–C) groups is 1. The number of carbonyl (C=O) groups excluding carboxylic acids is 1. The van der Waals surface area contributed by atoms with E-state index in [4.69, 9.17) is 0 Å². The van der Waals surface area contributed by atoms with Crippen LogP contribution in [0.3, 0.4) is 0 Å². The van der Waals surface area contributed by atoms with Crippen molar-refractivity contribution in [1.82, 2.24) is 24.9 Å². The number of halogens is 1. The molecule has 0 saturated heterocycles. The first-order valence-electron chi connectivity index (χ1n) is 7.53. The highest BCUT2D eigenvalue weighted by Gasteiger charge is 2.26. The highest BCUT2D eigenvalue weighted by atomic mass is 19.1. The summed E-state index contributed by atoms with van der Waals surface area (Å²) in [5.74, 6) is -0.860. The molecule has 0 saturated carbocycles. The molecule has 8 heteroatoms. The fraction of sp³-hybridized carbons (Fsp3) is 0.250. The van der Waals surface area contributed by atoms with Crippen molar-refractivity contribution >= 4 is 23.5 Å². The minimum atomic E-state index is -0.462. The highest BCUT2D eigenvalue weighted by Crippen LogP contribution is 2.31. The van der Waals surface area contributed by atoms with E-state index in [-0.39, 0.29) is 0 Å². The third kappa shape index (κ3) is 2.15. The zero-order valence-electron chi connectivity index (χ0n) is 13.1. The summed E-state index contributed by atoms with van der Waals surface area (Å²) < 4.78 is 17.7. The quantitative estimate of drug-likeness (QED) is 0.724. The van der Waals surface area contributed by atoms with Crippen molar-refractivity contribution in [3.63, 3.8) is 0 Å². The number of benzene rings is 1. The maximum absolute atomic E-state index is 14.4. The van der Waals surface area contributed by atoms with Gasteiger partial charge in [0.15, 0.2) is 0 Å². The Balaban J connectivity index is 1.97. The predicted molar refractivity (Wildman–Crippen MR) is 87.5 cm³/mol. The van der Waals surface area contributed by atoms with Gasteiger partial charge in [-0.1, -0.05) is 0 Å². The number of aryl methyl sites for hydroxylation is 1. The van der Waals surface area contributed by atoms with E-state index >= 15 is 0 Å². The van der Waals surface area contributed by atoms with Crippen molar-refractivity contribution in [2.45, 2.75) is 13.1 Å². The van der Waals surface area contributed by atoms with Crippen molar-refractivity contribution in [2.24, 2.45) is 12.0 Å². The van der Waals surface area contributed by atoms with Crippen molar-refractivity contribution in [1.29, 1.82) is 0 Å². The molecule has 1 N–H and O–H groups in total. The van der Waals surface area contributed by atoms with E-state index in [2.05, 4.69) is 27.2 Å². The largest absolute Gasteiger partial charge is 0.309 e. The van der Waals surface area contributed by atoms with Crippen LogP contribution in [-0.2, 0) is 20.1 Å². The van der Waals surface area contributed by atoms with Gasteiger partial charge in [0.05, 0.1) is 28.7 Å². The molecule has 3 aromatic rings. The number of aromatic nitrogens is 4. The monoisotopic (exact) mass is 326 g/mol. The molecular weight excluding hydrogens is 311 g/mol. The van der Waals surface area contributed by atoms with Gasteiger partial charge in [0, 0.05) is 31.9 Å². The lowest BCUT2D eigenvalue weighted by Crippen LogP contribution is -2.29. The number of nitrogens with zero attached hydrogens (tertiary/aromatic N) is 5. The van der Waals surface area contributed by atoms with Crippen LogP contribution in [0.25, 0.3) is 22.2 Å². The molecule has 1 aliphatic heterocycles. The summed E-state index contributed by atoms with van der Waals surface area (Å²) in [7, 11) is 1.73. The summed E-state index contributed by atoms with van der Waals surface area (Å²) in [4.78, 5) is 15.8. The van der Waals surface area contributed by atoms with Crippen molar-refractivity contribution in [3.05, 3.63) is 35.4 Å². The van der Waals surface area contributed by atoms with Crippen molar-refractivity contribution in [2.75, 3.05) is 6.54 Å². The molecule has 1 aliphatic rings. The van der Waals surface area contributed by atoms with Gasteiger partial charge < -0.3 is 5.32 Å². The van der Waals surface area contributed by atoms with Crippen LogP contribution in [0.2, 0.25) is 0 Å². The average Bonchev–Trinajstić information content (AvgIpc) is 3.14. The summed E-state index contributed by atoms with van der Waals surface area (Å²) in [6.45, 7) is 5.24. The lowest BCUT2D eigenvalue weighted by atomic mass is 10.0. The van der Waals surface area contributed by atoms with Crippen LogP contribution >= 0.6 is 0 Å². The number of nitrogens with one attached hydrogen (secondary N) is 1. The molecule has 1 aromatic carbocycles. The smallest absolute Gasteiger partial charge is 0.280 e. The number of amides is 1. The molecule has 0 unspecified atom stereocenters. The first kappa shape index (κ1) is 14.7. The minimum Gasteiger partial charge on any atom is -0.309 e. The van der Waals surface area contributed by atoms with Crippen LogP contribution in [-0.4, -0.2) is 38.7 Å². The predicted octanol–water partition coefficient (Wildman–Crippen LogP) is 1.52. The zero-order valence-corrected chi connectivity index (χ0v) is 13.1. The van der Waals surface area contributed by atoms with Crippen LogP contribution in [0.15, 0.2) is 23.3 Å². The van der Waals surface area contributed by atoms with Gasteiger partial charge in [0.1, 0.15) is 11.5 Å². The second-order valence-electron chi connectivity index (χ2n) is 5.73. The molecule has 0 aliphatic carbocycles. The van der Waals surface area contributed by atoms with E-state index in [1.165, 1.54) is 6.07 Å². The third-order valence-corrected chi connectivity index (χ3v) is 4.17. The molecule has 2 aromatic heterocycles. The molecule has 7 nitrogen and oxygen atoms in total. The lowest BCUT2D eigenvalue weighted by molar-refractivity contribution is 0.100. The Morgan fingerprint density at radius 2 is 2.25 bits per heavy atom. The summed E-state index contributed by atoms with van der Waals surface area (Å²) in [5, 5.41) is 12.4. The average molecular weight is 326 g/mol. The summed E-state index contributed by atoms with van der Waals surface area (Å²) in [5.41, 5.74) is 2.55. The fourth-order valence-electron chi connectivity index (χ4n) is 3.10. The van der Waals surface area contributed by atoms with E-state index in [1.807, 2.05) is 0 Å². The summed E-state index contributed by atoms with van der Waals surface area (Å²) in [6, 6.07) is 3.12. The summed E-state index contributed by atoms with van der Waals surface area (Å²) >= 11 is 0. The Hall–Kier alpha value is -2.87. The van der Waals surface area contributed by atoms with Gasteiger partial charge in [-0.2, -0.15) is 10.2 Å². The van der Waals surface area contributed by atoms with Crippen molar-refractivity contribution in [3.8, 4) is 11.3 Å². The second-order valence-corrected chi connectivity index (χ2v) is 5.73. The first-order valence-corrected chi connectivity index (χ1v) is 7.53. The maximum atomic E-state index is 14.4. The van der Waals surface area contributed by atoms with E-state index < -0.39 is 11.7 Å². The molecule has 122 valence electrons. The van der Waals surface area contributed by atoms with Crippen LogP contribution in [0, 0.1) is 5.82 Å². The number of hydrogen-bond donors (Lipinski definition) is 1. The number of carbonyl (C=O) groups is 1. The fourth-order valence-corrected chi connectivity index (χ4v) is 3.10. The molecule has 4 rings (SSSR count). The molecular formula is C16H15FN6O. The highest BCUT2D eigenvalue weighted by molar-refractivity contribution is 6.04. The molecule has 0 fully saturated rings. The van der Waals surface area contributed by atoms with Gasteiger partial charge in [-0.05, 0) is 18.9 Å². The number of fused-ring (bicyclic) bond motifs is 2. The minimum absolute atomic E-state index is 0.367. The molecule has 3 heterocycles. The molecule has 0 spiro atoms. The standard InChI is InChI=1S/C16H15FN6O/c1-18-16(24)14-13-7-19-3-4-23(13)21-15(14)9-5-11(17)10-8-22(2)20-12(10)6-9/h5-6,8,19H,1,3-4,7H2,2H3. The van der Waals surface area contributed by atoms with Crippen LogP contribution in [0.4, 0.5) is 4.39 Å². The molecule has 24 heavy (non-hydrogen) atoms. The van der Waals surface area contributed by atoms with E-state index in [0.29, 0.717) is 40.8 Å². The van der Waals surface area contributed by atoms with Crippen LogP contribution < -0.4 is 5.32 Å². The maximum Gasteiger partial charge on any atom is 0.280 e. The van der Waals surface area contributed by atoms with Crippen LogP contribution in [0.5, 0.6) is 0 Å². The molecule has 0 radical (unpaired) electrons. The SMILES string of the molecule is C=NC(=O)c1c(-c2cc(F)c3cn(C)nc3c2)nn2c1CNCC2. The van der Waals surface area contributed by atoms with Gasteiger partial charge in [-0.3, -0.25) is 14.2 Å². The van der Waals surface area contributed by atoms with Gasteiger partial charge >= 0.3 is 0 Å². The molecule has 1 amide bonds. The number of hydrogen-bond acceptors (Lipinski definition) is 4. The molecule has 0 atom stereocenters. The van der Waals surface area contributed by atoms with Crippen LogP contribution in [0.1, 0.15) is 16.1 Å². The Labute approximate surface area is 136 Å². The first-order chi connectivity index (χ1) is 11.6. The Morgan fingerprint density at radius 3 is 3.04 bits per heavy atom. The lowest BCUT2D eigenvalue weighted by Gasteiger charge is -2.15. The topological polar surface area (TPSA) is 77.1 Å². The van der Waals surface area contributed by atoms with Gasteiger partial charge in [0.25, 0.3) is 5.91 Å². The van der Waals surface area contributed by atoms with E-state index in [0.717, 1.165) is 12.2 Å². The van der Waals surface area contributed by atoms with Crippen molar-refractivity contribution < 1.29 is 9.18 Å². The summed E-state index contributed by atoms with van der Waals surface area (Å²) in [6.07, 6.45) is 1.62.